The van der Waals surface area contributed by atoms with Crippen molar-refractivity contribution in [1.82, 2.24) is 9.97 Å². The van der Waals surface area contributed by atoms with Crippen LogP contribution in [0.15, 0.2) is 16.0 Å². The molecule has 2 N–H and O–H groups in total. The highest BCUT2D eigenvalue weighted by Gasteiger charge is 1.97. The number of aromatic amines is 1. The van der Waals surface area contributed by atoms with Gasteiger partial charge < -0.3 is 10.3 Å². The summed E-state index contributed by atoms with van der Waals surface area (Å²) in [5.41, 5.74) is -0.279. The van der Waals surface area contributed by atoms with Gasteiger partial charge in [0, 0.05) is 6.07 Å². The van der Waals surface area contributed by atoms with Gasteiger partial charge in [0.1, 0.15) is 5.82 Å². The minimum atomic E-state index is -0.279. The van der Waals surface area contributed by atoms with Gasteiger partial charge in [0.05, 0.1) is 0 Å². The van der Waals surface area contributed by atoms with Crippen LogP contribution < -0.4 is 10.9 Å². The summed E-state index contributed by atoms with van der Waals surface area (Å²) < 4.78 is 0. The summed E-state index contributed by atoms with van der Waals surface area (Å²) in [6.07, 6.45) is 2.26. The van der Waals surface area contributed by atoms with E-state index in [2.05, 4.69) is 15.3 Å². The first-order chi connectivity index (χ1) is 5.76. The van der Waals surface area contributed by atoms with Crippen LogP contribution in [0.25, 0.3) is 0 Å². The van der Waals surface area contributed by atoms with E-state index in [9.17, 15) is 9.59 Å². The second-order valence-electron chi connectivity index (χ2n) is 1.90. The number of aromatic nitrogens is 2. The molecule has 0 atom stereocenters. The number of hydrogen-bond acceptors (Lipinski definition) is 4. The first-order valence-electron chi connectivity index (χ1n) is 3.12. The average Bonchev–Trinajstić information content (AvgIpc) is 2.04. The van der Waals surface area contributed by atoms with Crippen LogP contribution >= 0.6 is 11.8 Å². The van der Waals surface area contributed by atoms with E-state index < -0.39 is 0 Å². The van der Waals surface area contributed by atoms with Gasteiger partial charge in [0.25, 0.3) is 5.56 Å². The van der Waals surface area contributed by atoms with Gasteiger partial charge in [0.15, 0.2) is 5.16 Å². The Kier molecular flexibility index (Phi) is 2.87. The van der Waals surface area contributed by atoms with Crippen molar-refractivity contribution in [2.75, 3.05) is 11.6 Å². The molecule has 12 heavy (non-hydrogen) atoms. The van der Waals surface area contributed by atoms with E-state index in [4.69, 9.17) is 0 Å². The Hall–Kier alpha value is -1.30. The maximum Gasteiger partial charge on any atom is 0.253 e. The van der Waals surface area contributed by atoms with Gasteiger partial charge in [-0.3, -0.25) is 9.59 Å². The van der Waals surface area contributed by atoms with Gasteiger partial charge in [-0.15, -0.1) is 0 Å². The van der Waals surface area contributed by atoms with E-state index in [1.807, 2.05) is 0 Å². The van der Waals surface area contributed by atoms with Crippen molar-refractivity contribution in [3.63, 3.8) is 0 Å². The molecule has 0 saturated carbocycles. The van der Waals surface area contributed by atoms with E-state index in [-0.39, 0.29) is 11.4 Å². The van der Waals surface area contributed by atoms with Crippen molar-refractivity contribution >= 4 is 24.0 Å². The summed E-state index contributed by atoms with van der Waals surface area (Å²) >= 11 is 1.30. The summed E-state index contributed by atoms with van der Waals surface area (Å²) in [4.78, 5) is 27.3. The fraction of sp³-hybridized carbons (Fsp3) is 0.167. The molecule has 0 radical (unpaired) electrons. The number of amides is 1. The van der Waals surface area contributed by atoms with Crippen LogP contribution in [0.2, 0.25) is 0 Å². The Labute approximate surface area is 72.6 Å². The number of rotatable bonds is 3. The van der Waals surface area contributed by atoms with Crippen LogP contribution in [0.4, 0.5) is 5.82 Å². The van der Waals surface area contributed by atoms with Crippen molar-refractivity contribution in [1.29, 1.82) is 0 Å². The zero-order chi connectivity index (χ0) is 8.97. The molecule has 5 nitrogen and oxygen atoms in total. The highest BCUT2D eigenvalue weighted by atomic mass is 32.2. The van der Waals surface area contributed by atoms with Gasteiger partial charge in [-0.2, -0.15) is 0 Å². The van der Waals surface area contributed by atoms with E-state index in [1.165, 1.54) is 17.8 Å². The molecule has 64 valence electrons. The lowest BCUT2D eigenvalue weighted by molar-refractivity contribution is -0.105. The molecule has 0 spiro atoms. The number of nitrogens with one attached hydrogen (secondary N) is 2. The molecule has 0 aliphatic heterocycles. The molecule has 1 amide bonds. The molecule has 0 unspecified atom stereocenters. The van der Waals surface area contributed by atoms with E-state index in [0.717, 1.165) is 0 Å². The van der Waals surface area contributed by atoms with Crippen molar-refractivity contribution in [3.05, 3.63) is 16.4 Å². The summed E-state index contributed by atoms with van der Waals surface area (Å²) in [5, 5.41) is 2.78. The summed E-state index contributed by atoms with van der Waals surface area (Å²) in [7, 11) is 0. The number of carbonyl (C=O) groups is 1. The number of nitrogens with zero attached hydrogens (tertiary/aromatic N) is 1. The molecule has 0 aliphatic carbocycles. The standard InChI is InChI=1S/C6H7N3O2S/c1-12-6-8-4(7-3-10)2-5(11)9-6/h2-3H,1H3,(H2,7,8,9,10,11). The Morgan fingerprint density at radius 2 is 2.50 bits per heavy atom. The van der Waals surface area contributed by atoms with Gasteiger partial charge in [-0.1, -0.05) is 11.8 Å². The van der Waals surface area contributed by atoms with E-state index >= 15 is 0 Å². The van der Waals surface area contributed by atoms with Crippen LogP contribution in [0.3, 0.4) is 0 Å². The smallest absolute Gasteiger partial charge is 0.253 e. The van der Waals surface area contributed by atoms with Gasteiger partial charge in [-0.25, -0.2) is 4.98 Å². The van der Waals surface area contributed by atoms with Gasteiger partial charge >= 0.3 is 0 Å². The zero-order valence-corrected chi connectivity index (χ0v) is 7.14. The van der Waals surface area contributed by atoms with Crippen molar-refractivity contribution in [2.24, 2.45) is 0 Å². The molecule has 0 bridgehead atoms. The summed E-state index contributed by atoms with van der Waals surface area (Å²) in [6.45, 7) is 0. The zero-order valence-electron chi connectivity index (χ0n) is 6.33. The lowest BCUT2D eigenvalue weighted by atomic mass is 10.6. The first-order valence-corrected chi connectivity index (χ1v) is 4.34. The average molecular weight is 185 g/mol. The number of H-pyrrole nitrogens is 1. The highest BCUT2D eigenvalue weighted by Crippen LogP contribution is 2.07. The molecule has 1 rings (SSSR count). The molecule has 0 aromatic carbocycles. The van der Waals surface area contributed by atoms with Crippen LogP contribution in [0.1, 0.15) is 0 Å². The molecule has 0 fully saturated rings. The number of anilines is 1. The van der Waals surface area contributed by atoms with Crippen LogP contribution in [-0.2, 0) is 4.79 Å². The predicted octanol–water partition coefficient (Wildman–Crippen LogP) is 0.0601. The van der Waals surface area contributed by atoms with Crippen LogP contribution in [-0.4, -0.2) is 22.6 Å². The molecule has 0 aliphatic rings. The molecule has 1 aromatic rings. The monoisotopic (exact) mass is 185 g/mol. The topological polar surface area (TPSA) is 74.8 Å². The third-order valence-electron chi connectivity index (χ3n) is 1.12. The maximum atomic E-state index is 10.9. The molecule has 1 heterocycles. The second-order valence-corrected chi connectivity index (χ2v) is 2.70. The second kappa shape index (κ2) is 3.91. The molecule has 0 saturated heterocycles. The fourth-order valence-electron chi connectivity index (χ4n) is 0.666. The number of hydrogen-bond donors (Lipinski definition) is 2. The quantitative estimate of drug-likeness (QED) is 0.396. The highest BCUT2D eigenvalue weighted by molar-refractivity contribution is 7.98. The predicted molar refractivity (Wildman–Crippen MR) is 46.3 cm³/mol. The lowest BCUT2D eigenvalue weighted by Gasteiger charge is -1.98. The molecular formula is C6H7N3O2S. The van der Waals surface area contributed by atoms with Gasteiger partial charge in [-0.05, 0) is 6.26 Å². The minimum absolute atomic E-state index is 0.262. The van der Waals surface area contributed by atoms with Crippen molar-refractivity contribution in [3.8, 4) is 0 Å². The summed E-state index contributed by atoms with van der Waals surface area (Å²) in [6, 6.07) is 1.22. The van der Waals surface area contributed by atoms with E-state index in [0.29, 0.717) is 11.6 Å². The third-order valence-corrected chi connectivity index (χ3v) is 1.70. The largest absolute Gasteiger partial charge is 0.313 e. The van der Waals surface area contributed by atoms with E-state index in [1.54, 1.807) is 6.26 Å². The molecule has 1 aromatic heterocycles. The Morgan fingerprint density at radius 3 is 3.08 bits per heavy atom. The summed E-state index contributed by atoms with van der Waals surface area (Å²) in [5.74, 6) is 0.262. The Balaban J connectivity index is 3.05. The normalized spacial score (nSPS) is 9.42. The Morgan fingerprint density at radius 1 is 1.75 bits per heavy atom. The maximum absolute atomic E-state index is 10.9. The SMILES string of the molecule is CSc1nc(NC=O)cc(=O)[nH]1. The Bertz CT molecular complexity index is 336. The van der Waals surface area contributed by atoms with Crippen LogP contribution in [0.5, 0.6) is 0 Å². The van der Waals surface area contributed by atoms with Crippen LogP contribution in [0, 0.1) is 0 Å². The molecule has 6 heteroatoms. The van der Waals surface area contributed by atoms with Gasteiger partial charge in [0.2, 0.25) is 6.41 Å². The minimum Gasteiger partial charge on any atom is -0.313 e. The lowest BCUT2D eigenvalue weighted by Crippen LogP contribution is -2.10. The first kappa shape index (κ1) is 8.79. The number of carbonyl (C=O) groups excluding carboxylic acids is 1. The number of thioether (sulfide) groups is 1. The fourth-order valence-corrected chi connectivity index (χ4v) is 1.06. The third kappa shape index (κ3) is 2.09. The molecular weight excluding hydrogens is 178 g/mol. The van der Waals surface area contributed by atoms with Crippen molar-refractivity contribution < 1.29 is 4.79 Å². The van der Waals surface area contributed by atoms with Crippen molar-refractivity contribution in [2.45, 2.75) is 5.16 Å².